The lowest BCUT2D eigenvalue weighted by Gasteiger charge is -2.43. The molecule has 0 unspecified atom stereocenters. The summed E-state index contributed by atoms with van der Waals surface area (Å²) in [5.41, 5.74) is 5.53. The fraction of sp³-hybridized carbons (Fsp3) is 0.417. The standard InChI is InChI=1S/C36H43BrFN10O3P/c1-46-20-22(18-42-46)24-16-29(32(51-3)17-30(24)47-13-8-23(9-14-47)48-15-10-31(50-2)26(38)21-48)44-36-41-19-25(37)35(45-36)43-28-7-6-27-33(40-12-11-39-27)34(28)52(4,5)49/h6-7,11-12,16-20,23,26,31H,8-10,13-15,21H2,1-5H3,(H2,41,43,44,45)/t26-,31+/m1/s1. The van der Waals surface area contributed by atoms with Gasteiger partial charge in [-0.05, 0) is 66.7 Å². The molecule has 5 aromatic rings. The van der Waals surface area contributed by atoms with Crippen LogP contribution in [0.1, 0.15) is 19.3 Å². The van der Waals surface area contributed by atoms with E-state index in [-0.39, 0.29) is 6.10 Å². The molecule has 5 heterocycles. The molecule has 0 aliphatic carbocycles. The highest BCUT2D eigenvalue weighted by molar-refractivity contribution is 9.10. The molecule has 3 aromatic heterocycles. The lowest BCUT2D eigenvalue weighted by atomic mass is 9.96. The van der Waals surface area contributed by atoms with Gasteiger partial charge in [-0.1, -0.05) is 0 Å². The van der Waals surface area contributed by atoms with E-state index in [1.165, 1.54) is 0 Å². The summed E-state index contributed by atoms with van der Waals surface area (Å²) >= 11 is 3.58. The number of likely N-dealkylation sites (tertiary alicyclic amines) is 1. The van der Waals surface area contributed by atoms with Gasteiger partial charge in [0.15, 0.2) is 0 Å². The van der Waals surface area contributed by atoms with Gasteiger partial charge >= 0.3 is 0 Å². The van der Waals surface area contributed by atoms with Crippen LogP contribution >= 0.6 is 23.1 Å². The SMILES string of the molecule is COc1cc(N2CCC(N3CC[C@H](OC)[C@H](F)C3)CC2)c(-c2cnn(C)c2)cc1Nc1ncc(Br)c(Nc2ccc3nccnc3c2P(C)(C)=O)n1. The number of fused-ring (bicyclic) bond motifs is 1. The molecule has 2 fully saturated rings. The monoisotopic (exact) mass is 792 g/mol. The summed E-state index contributed by atoms with van der Waals surface area (Å²) in [6.45, 7) is 6.35. The lowest BCUT2D eigenvalue weighted by Crippen LogP contribution is -2.52. The lowest BCUT2D eigenvalue weighted by molar-refractivity contribution is -0.0353. The van der Waals surface area contributed by atoms with E-state index in [0.717, 1.165) is 49.3 Å². The number of anilines is 5. The molecule has 16 heteroatoms. The molecule has 13 nitrogen and oxygen atoms in total. The number of benzene rings is 2. The molecule has 0 amide bonds. The fourth-order valence-corrected chi connectivity index (χ4v) is 8.98. The summed E-state index contributed by atoms with van der Waals surface area (Å²) < 4.78 is 41.9. The smallest absolute Gasteiger partial charge is 0.229 e. The molecular formula is C36H43BrFN10O3P. The molecular weight excluding hydrogens is 750 g/mol. The van der Waals surface area contributed by atoms with Crippen molar-refractivity contribution in [3.8, 4) is 16.9 Å². The minimum Gasteiger partial charge on any atom is -0.494 e. The fourth-order valence-electron chi connectivity index (χ4n) is 7.30. The number of hydrogen-bond donors (Lipinski definition) is 2. The number of rotatable bonds is 10. The van der Waals surface area contributed by atoms with Crippen LogP contribution < -0.4 is 25.6 Å². The number of hydrogen-bond acceptors (Lipinski definition) is 12. The first-order valence-corrected chi connectivity index (χ1v) is 20.6. The van der Waals surface area contributed by atoms with E-state index in [1.54, 1.807) is 50.8 Å². The number of methoxy groups -OCH3 is 2. The minimum atomic E-state index is -2.79. The van der Waals surface area contributed by atoms with Crippen molar-refractivity contribution in [3.05, 3.63) is 59.7 Å². The highest BCUT2D eigenvalue weighted by atomic mass is 79.9. The van der Waals surface area contributed by atoms with Crippen LogP contribution in [-0.2, 0) is 16.3 Å². The molecule has 2 saturated heterocycles. The maximum atomic E-state index is 14.7. The van der Waals surface area contributed by atoms with Crippen molar-refractivity contribution in [2.45, 2.75) is 37.6 Å². The largest absolute Gasteiger partial charge is 0.494 e. The van der Waals surface area contributed by atoms with Crippen LogP contribution in [0.15, 0.2) is 59.7 Å². The topological polar surface area (TPSA) is 135 Å². The van der Waals surface area contributed by atoms with Crippen LogP contribution in [0.2, 0.25) is 0 Å². The molecule has 0 saturated carbocycles. The number of piperidine rings is 2. The third kappa shape index (κ3) is 7.50. The summed E-state index contributed by atoms with van der Waals surface area (Å²) in [7, 11) is 2.35. The number of alkyl halides is 1. The highest BCUT2D eigenvalue weighted by Gasteiger charge is 2.34. The van der Waals surface area contributed by atoms with Crippen LogP contribution in [0.4, 0.5) is 33.2 Å². The molecule has 2 aliphatic heterocycles. The minimum absolute atomic E-state index is 0.311. The first-order valence-electron chi connectivity index (χ1n) is 17.2. The van der Waals surface area contributed by atoms with Gasteiger partial charge in [0, 0.05) is 94.0 Å². The molecule has 274 valence electrons. The molecule has 0 bridgehead atoms. The normalized spacial score (nSPS) is 18.9. The van der Waals surface area contributed by atoms with E-state index in [2.05, 4.69) is 56.4 Å². The Labute approximate surface area is 310 Å². The van der Waals surface area contributed by atoms with Crippen molar-refractivity contribution in [1.82, 2.24) is 34.6 Å². The van der Waals surface area contributed by atoms with Gasteiger partial charge in [0.05, 0.1) is 46.1 Å². The Morgan fingerprint density at radius 2 is 1.77 bits per heavy atom. The predicted octanol–water partition coefficient (Wildman–Crippen LogP) is 6.35. The number of nitrogens with one attached hydrogen (secondary N) is 2. The molecule has 52 heavy (non-hydrogen) atoms. The van der Waals surface area contributed by atoms with Crippen LogP contribution in [0.3, 0.4) is 0 Å². The van der Waals surface area contributed by atoms with Gasteiger partial charge in [0.2, 0.25) is 5.95 Å². The number of nitrogens with zero attached hydrogens (tertiary/aromatic N) is 8. The van der Waals surface area contributed by atoms with Crippen LogP contribution in [0, 0.1) is 0 Å². The molecule has 0 spiro atoms. The Bertz CT molecular complexity index is 2120. The van der Waals surface area contributed by atoms with E-state index < -0.39 is 13.3 Å². The molecule has 2 N–H and O–H groups in total. The van der Waals surface area contributed by atoms with Crippen LogP contribution in [0.25, 0.3) is 22.2 Å². The average molecular weight is 794 g/mol. The van der Waals surface area contributed by atoms with Gasteiger partial charge < -0.3 is 29.6 Å². The first-order chi connectivity index (χ1) is 25.0. The number of halogens is 2. The highest BCUT2D eigenvalue weighted by Crippen LogP contribution is 2.43. The Hall–Kier alpha value is -4.17. The number of aromatic nitrogens is 6. The number of ether oxygens (including phenoxy) is 2. The van der Waals surface area contributed by atoms with Gasteiger partial charge in [-0.2, -0.15) is 10.1 Å². The zero-order chi connectivity index (χ0) is 36.6. The Kier molecular flexibility index (Phi) is 10.5. The third-order valence-electron chi connectivity index (χ3n) is 9.87. The second-order valence-corrected chi connectivity index (χ2v) is 17.6. The molecule has 2 aromatic carbocycles. The summed E-state index contributed by atoms with van der Waals surface area (Å²) in [5, 5.41) is 11.8. The maximum Gasteiger partial charge on any atom is 0.229 e. The van der Waals surface area contributed by atoms with Crippen molar-refractivity contribution < 1.29 is 18.4 Å². The van der Waals surface area contributed by atoms with Gasteiger partial charge in [0.1, 0.15) is 30.4 Å². The third-order valence-corrected chi connectivity index (χ3v) is 12.0. The summed E-state index contributed by atoms with van der Waals surface area (Å²) in [4.78, 5) is 22.9. The van der Waals surface area contributed by atoms with Crippen molar-refractivity contribution in [3.63, 3.8) is 0 Å². The van der Waals surface area contributed by atoms with Crippen LogP contribution in [0.5, 0.6) is 5.75 Å². The predicted molar refractivity (Wildman–Crippen MR) is 207 cm³/mol. The second kappa shape index (κ2) is 15.1. The second-order valence-electron chi connectivity index (χ2n) is 13.6. The Morgan fingerprint density at radius 3 is 2.46 bits per heavy atom. The molecule has 2 atom stereocenters. The van der Waals surface area contributed by atoms with Crippen LogP contribution in [-0.4, -0.2) is 107 Å². The van der Waals surface area contributed by atoms with Gasteiger partial charge in [0.25, 0.3) is 0 Å². The van der Waals surface area contributed by atoms with E-state index >= 15 is 0 Å². The Morgan fingerprint density at radius 1 is 0.981 bits per heavy atom. The van der Waals surface area contributed by atoms with Crippen molar-refractivity contribution >= 4 is 68.2 Å². The zero-order valence-corrected chi connectivity index (χ0v) is 32.4. The number of aryl methyl sites for hydroxylation is 1. The summed E-state index contributed by atoms with van der Waals surface area (Å²) in [6.07, 6.45) is 10.0. The summed E-state index contributed by atoms with van der Waals surface area (Å²) in [6, 6.07) is 8.11. The molecule has 0 radical (unpaired) electrons. The van der Waals surface area contributed by atoms with Gasteiger partial charge in [-0.3, -0.25) is 19.5 Å². The maximum absolute atomic E-state index is 14.7. The van der Waals surface area contributed by atoms with Crippen molar-refractivity contribution in [2.75, 3.05) is 69.3 Å². The quantitative estimate of drug-likeness (QED) is 0.153. The molecule has 7 rings (SSSR count). The average Bonchev–Trinajstić information content (AvgIpc) is 3.58. The first kappa shape index (κ1) is 36.2. The Balaban J connectivity index is 1.17. The van der Waals surface area contributed by atoms with E-state index in [1.807, 2.05) is 43.7 Å². The van der Waals surface area contributed by atoms with E-state index in [4.69, 9.17) is 14.5 Å². The van der Waals surface area contributed by atoms with Gasteiger partial charge in [-0.25, -0.2) is 9.37 Å². The van der Waals surface area contributed by atoms with Gasteiger partial charge in [-0.15, -0.1) is 0 Å². The van der Waals surface area contributed by atoms with Crippen molar-refractivity contribution in [1.29, 1.82) is 0 Å². The molecule has 2 aliphatic rings. The van der Waals surface area contributed by atoms with E-state index in [9.17, 15) is 8.96 Å². The zero-order valence-electron chi connectivity index (χ0n) is 29.9. The van der Waals surface area contributed by atoms with E-state index in [0.29, 0.717) is 68.7 Å². The van der Waals surface area contributed by atoms with Crippen molar-refractivity contribution in [2.24, 2.45) is 7.05 Å². The summed E-state index contributed by atoms with van der Waals surface area (Å²) in [5.74, 6) is 1.43.